The fourth-order valence-corrected chi connectivity index (χ4v) is 3.70. The van der Waals surface area contributed by atoms with Crippen molar-refractivity contribution in [3.8, 4) is 0 Å². The molecule has 0 spiro atoms. The van der Waals surface area contributed by atoms with Crippen molar-refractivity contribution in [1.82, 2.24) is 9.78 Å². The molecule has 0 saturated carbocycles. The Morgan fingerprint density at radius 3 is 2.21 bits per heavy atom. The first kappa shape index (κ1) is 13.6. The molecule has 0 aliphatic carbocycles. The number of hydrogen-bond acceptors (Lipinski definition) is 3. The molecule has 0 fully saturated rings. The first-order chi connectivity index (χ1) is 8.79. The van der Waals surface area contributed by atoms with E-state index >= 15 is 0 Å². The molecule has 0 aliphatic heterocycles. The van der Waals surface area contributed by atoms with Crippen molar-refractivity contribution in [1.29, 1.82) is 0 Å². The highest BCUT2D eigenvalue weighted by atomic mass is 32.2. The van der Waals surface area contributed by atoms with E-state index in [1.807, 2.05) is 19.1 Å². The molecule has 6 heteroatoms. The van der Waals surface area contributed by atoms with Crippen LogP contribution in [-0.2, 0) is 17.1 Å². The molecule has 0 amide bonds. The predicted molar refractivity (Wildman–Crippen MR) is 74.7 cm³/mol. The minimum Gasteiger partial charge on any atom is -0.274 e. The van der Waals surface area contributed by atoms with Gasteiger partial charge >= 0.3 is 0 Å². The first-order valence-corrected chi connectivity index (χ1v) is 7.38. The quantitative estimate of drug-likeness (QED) is 0.936. The molecule has 0 atom stereocenters. The fraction of sp³-hybridized carbons (Fsp3) is 0.308. The van der Waals surface area contributed by atoms with Crippen molar-refractivity contribution in [3.63, 3.8) is 0 Å². The number of nitrogens with one attached hydrogen (secondary N) is 1. The highest BCUT2D eigenvalue weighted by Crippen LogP contribution is 2.23. The number of aryl methyl sites for hydroxylation is 4. The lowest BCUT2D eigenvalue weighted by Gasteiger charge is -2.12. The Labute approximate surface area is 113 Å². The van der Waals surface area contributed by atoms with Crippen LogP contribution in [0.3, 0.4) is 0 Å². The minimum absolute atomic E-state index is 0.321. The molecule has 0 bridgehead atoms. The van der Waals surface area contributed by atoms with Gasteiger partial charge in [0.15, 0.2) is 5.82 Å². The zero-order valence-electron chi connectivity index (χ0n) is 11.4. The highest BCUT2D eigenvalue weighted by molar-refractivity contribution is 7.92. The molecule has 2 rings (SSSR count). The monoisotopic (exact) mass is 279 g/mol. The van der Waals surface area contributed by atoms with Gasteiger partial charge in [0.25, 0.3) is 10.0 Å². The molecular weight excluding hydrogens is 262 g/mol. The Hall–Kier alpha value is -1.82. The topological polar surface area (TPSA) is 64.0 Å². The summed E-state index contributed by atoms with van der Waals surface area (Å²) in [6.45, 7) is 5.54. The molecular formula is C13H17N3O2S. The molecule has 102 valence electrons. The van der Waals surface area contributed by atoms with Gasteiger partial charge in [-0.3, -0.25) is 9.40 Å². The van der Waals surface area contributed by atoms with E-state index in [4.69, 9.17) is 0 Å². The van der Waals surface area contributed by atoms with Gasteiger partial charge in [-0.05, 0) is 31.9 Å². The summed E-state index contributed by atoms with van der Waals surface area (Å²) in [5.41, 5.74) is 2.52. The maximum Gasteiger partial charge on any atom is 0.263 e. The Kier molecular flexibility index (Phi) is 3.36. The Balaban J connectivity index is 2.45. The Morgan fingerprint density at radius 2 is 1.74 bits per heavy atom. The largest absolute Gasteiger partial charge is 0.274 e. The van der Waals surface area contributed by atoms with Crippen molar-refractivity contribution in [3.05, 3.63) is 41.1 Å². The first-order valence-electron chi connectivity index (χ1n) is 5.90. The van der Waals surface area contributed by atoms with Gasteiger partial charge in [-0.15, -0.1) is 0 Å². The summed E-state index contributed by atoms with van der Waals surface area (Å²) >= 11 is 0. The van der Waals surface area contributed by atoms with E-state index in [0.717, 1.165) is 16.7 Å². The van der Waals surface area contributed by atoms with Crippen LogP contribution in [0.4, 0.5) is 5.82 Å². The van der Waals surface area contributed by atoms with E-state index in [0.29, 0.717) is 10.7 Å². The van der Waals surface area contributed by atoms with Crippen LogP contribution in [0, 0.1) is 20.8 Å². The summed E-state index contributed by atoms with van der Waals surface area (Å²) in [4.78, 5) is 0.323. The minimum atomic E-state index is -3.60. The number of sulfonamides is 1. The van der Waals surface area contributed by atoms with Crippen molar-refractivity contribution < 1.29 is 8.42 Å². The molecule has 0 unspecified atom stereocenters. The van der Waals surface area contributed by atoms with E-state index < -0.39 is 10.0 Å². The highest BCUT2D eigenvalue weighted by Gasteiger charge is 2.20. The third-order valence-electron chi connectivity index (χ3n) is 2.83. The molecule has 0 radical (unpaired) electrons. The molecule has 19 heavy (non-hydrogen) atoms. The predicted octanol–water partition coefficient (Wildman–Crippen LogP) is 2.15. The standard InChI is InChI=1S/C13H17N3O2S/c1-9-7-10(2)13(11(3)8-9)19(17,18)15-12-5-6-16(4)14-12/h5-8H,1-4H3,(H,14,15). The van der Waals surface area contributed by atoms with E-state index in [1.54, 1.807) is 37.8 Å². The van der Waals surface area contributed by atoms with Crippen LogP contribution < -0.4 is 4.72 Å². The Bertz CT molecular complexity index is 694. The number of nitrogens with zero attached hydrogens (tertiary/aromatic N) is 2. The normalized spacial score (nSPS) is 11.6. The van der Waals surface area contributed by atoms with Gasteiger partial charge in [-0.2, -0.15) is 5.10 Å². The van der Waals surface area contributed by atoms with Crippen molar-refractivity contribution >= 4 is 15.8 Å². The number of rotatable bonds is 3. The van der Waals surface area contributed by atoms with Gasteiger partial charge in [0.05, 0.1) is 4.90 Å². The van der Waals surface area contributed by atoms with Crippen molar-refractivity contribution in [2.75, 3.05) is 4.72 Å². The average Bonchev–Trinajstić information content (AvgIpc) is 2.60. The second-order valence-corrected chi connectivity index (χ2v) is 6.33. The molecule has 1 aromatic carbocycles. The summed E-state index contributed by atoms with van der Waals surface area (Å²) in [5, 5.41) is 4.02. The second kappa shape index (κ2) is 4.70. The fourth-order valence-electron chi connectivity index (χ4n) is 2.25. The van der Waals surface area contributed by atoms with Crippen LogP contribution in [0.15, 0.2) is 29.3 Å². The zero-order chi connectivity index (χ0) is 14.2. The number of benzene rings is 1. The van der Waals surface area contributed by atoms with Crippen LogP contribution in [0.2, 0.25) is 0 Å². The van der Waals surface area contributed by atoms with Gasteiger partial charge in [-0.25, -0.2) is 8.42 Å². The lowest BCUT2D eigenvalue weighted by Crippen LogP contribution is -2.16. The number of hydrogen-bond donors (Lipinski definition) is 1. The summed E-state index contributed by atoms with van der Waals surface area (Å²) < 4.78 is 28.9. The van der Waals surface area contributed by atoms with Crippen LogP contribution in [0.25, 0.3) is 0 Å². The summed E-state index contributed by atoms with van der Waals surface area (Å²) in [7, 11) is -1.87. The molecule has 2 aromatic rings. The maximum absolute atomic E-state index is 12.4. The maximum atomic E-state index is 12.4. The molecule has 1 N–H and O–H groups in total. The van der Waals surface area contributed by atoms with Crippen LogP contribution in [0.5, 0.6) is 0 Å². The lowest BCUT2D eigenvalue weighted by atomic mass is 10.1. The third kappa shape index (κ3) is 2.78. The third-order valence-corrected chi connectivity index (χ3v) is 4.49. The van der Waals surface area contributed by atoms with E-state index in [9.17, 15) is 8.42 Å². The average molecular weight is 279 g/mol. The smallest absolute Gasteiger partial charge is 0.263 e. The van der Waals surface area contributed by atoms with Gasteiger partial charge < -0.3 is 0 Å². The second-order valence-electron chi connectivity index (χ2n) is 4.71. The zero-order valence-corrected chi connectivity index (χ0v) is 12.2. The molecule has 5 nitrogen and oxygen atoms in total. The number of aromatic nitrogens is 2. The molecule has 0 aliphatic rings. The van der Waals surface area contributed by atoms with Gasteiger partial charge in [-0.1, -0.05) is 17.7 Å². The van der Waals surface area contributed by atoms with Gasteiger partial charge in [0, 0.05) is 19.3 Å². The molecule has 1 heterocycles. The van der Waals surface area contributed by atoms with Crippen molar-refractivity contribution in [2.24, 2.45) is 7.05 Å². The van der Waals surface area contributed by atoms with E-state index in [-0.39, 0.29) is 0 Å². The summed E-state index contributed by atoms with van der Waals surface area (Å²) in [6.07, 6.45) is 1.69. The Morgan fingerprint density at radius 1 is 1.16 bits per heavy atom. The van der Waals surface area contributed by atoms with Gasteiger partial charge in [0.2, 0.25) is 0 Å². The summed E-state index contributed by atoms with van der Waals surface area (Å²) in [5.74, 6) is 0.321. The van der Waals surface area contributed by atoms with E-state index in [2.05, 4.69) is 9.82 Å². The van der Waals surface area contributed by atoms with Crippen LogP contribution >= 0.6 is 0 Å². The summed E-state index contributed by atoms with van der Waals surface area (Å²) in [6, 6.07) is 5.34. The number of anilines is 1. The molecule has 1 aromatic heterocycles. The SMILES string of the molecule is Cc1cc(C)c(S(=O)(=O)Nc2ccn(C)n2)c(C)c1. The molecule has 0 saturated heterocycles. The van der Waals surface area contributed by atoms with Gasteiger partial charge in [0.1, 0.15) is 0 Å². The lowest BCUT2D eigenvalue weighted by molar-refractivity contribution is 0.599. The van der Waals surface area contributed by atoms with Crippen molar-refractivity contribution in [2.45, 2.75) is 25.7 Å². The van der Waals surface area contributed by atoms with E-state index in [1.165, 1.54) is 0 Å². The van der Waals surface area contributed by atoms with Crippen LogP contribution in [0.1, 0.15) is 16.7 Å². The van der Waals surface area contributed by atoms with Crippen LogP contribution in [-0.4, -0.2) is 18.2 Å².